The summed E-state index contributed by atoms with van der Waals surface area (Å²) in [6, 6.07) is 1.51. The van der Waals surface area contributed by atoms with Crippen LogP contribution in [0.25, 0.3) is 0 Å². The highest BCUT2D eigenvalue weighted by molar-refractivity contribution is 4.88. The maximum absolute atomic E-state index is 3.60. The molecule has 3 nitrogen and oxygen atoms in total. The van der Waals surface area contributed by atoms with Crippen molar-refractivity contribution >= 4 is 0 Å². The fourth-order valence-corrected chi connectivity index (χ4v) is 4.56. The van der Waals surface area contributed by atoms with E-state index in [4.69, 9.17) is 0 Å². The van der Waals surface area contributed by atoms with Gasteiger partial charge in [0.2, 0.25) is 0 Å². The number of piperazine rings is 1. The lowest BCUT2D eigenvalue weighted by atomic mass is 9.76. The van der Waals surface area contributed by atoms with Gasteiger partial charge in [0, 0.05) is 38.3 Å². The van der Waals surface area contributed by atoms with E-state index in [0.29, 0.717) is 0 Å². The topological polar surface area (TPSA) is 18.5 Å². The van der Waals surface area contributed by atoms with Crippen LogP contribution in [0.3, 0.4) is 0 Å². The summed E-state index contributed by atoms with van der Waals surface area (Å²) in [5.41, 5.74) is 0. The Labute approximate surface area is 132 Å². The van der Waals surface area contributed by atoms with Crippen LogP contribution in [0.15, 0.2) is 0 Å². The molecule has 0 radical (unpaired) electrons. The number of rotatable bonds is 6. The molecule has 4 unspecified atom stereocenters. The average molecular weight is 296 g/mol. The zero-order chi connectivity index (χ0) is 15.2. The smallest absolute Gasteiger partial charge is 0.0218 e. The summed E-state index contributed by atoms with van der Waals surface area (Å²) >= 11 is 0. The Hall–Kier alpha value is -0.120. The Bertz CT molecular complexity index is 294. The summed E-state index contributed by atoms with van der Waals surface area (Å²) in [7, 11) is 4.45. The summed E-state index contributed by atoms with van der Waals surface area (Å²) in [6.07, 6.45) is 8.35. The van der Waals surface area contributed by atoms with Crippen LogP contribution in [0.4, 0.5) is 0 Å². The third kappa shape index (κ3) is 4.67. The van der Waals surface area contributed by atoms with Crippen LogP contribution in [-0.2, 0) is 0 Å². The van der Waals surface area contributed by atoms with E-state index in [1.807, 2.05) is 0 Å². The number of likely N-dealkylation sites (N-methyl/N-ethyl adjacent to an activating group) is 1. The molecule has 2 aliphatic rings. The minimum Gasteiger partial charge on any atom is -0.317 e. The molecule has 2 rings (SSSR count). The van der Waals surface area contributed by atoms with Gasteiger partial charge < -0.3 is 15.1 Å². The molecule has 124 valence electrons. The molecule has 1 heterocycles. The van der Waals surface area contributed by atoms with Crippen molar-refractivity contribution in [3.05, 3.63) is 0 Å². The van der Waals surface area contributed by atoms with Gasteiger partial charge in [0.1, 0.15) is 0 Å². The number of hydrogen-bond donors (Lipinski definition) is 1. The molecular weight excluding hydrogens is 258 g/mol. The Kier molecular flexibility index (Phi) is 6.97. The summed E-state index contributed by atoms with van der Waals surface area (Å²) in [4.78, 5) is 5.30. The van der Waals surface area contributed by atoms with Crippen LogP contribution >= 0.6 is 0 Å². The van der Waals surface area contributed by atoms with Crippen LogP contribution < -0.4 is 5.32 Å². The molecule has 0 amide bonds. The van der Waals surface area contributed by atoms with Gasteiger partial charge in [-0.05, 0) is 51.6 Å². The molecule has 1 aliphatic heterocycles. The van der Waals surface area contributed by atoms with Gasteiger partial charge in [-0.15, -0.1) is 0 Å². The average Bonchev–Trinajstić information content (AvgIpc) is 2.50. The van der Waals surface area contributed by atoms with Crippen molar-refractivity contribution in [3.8, 4) is 0 Å². The minimum absolute atomic E-state index is 0.748. The van der Waals surface area contributed by atoms with Crippen molar-refractivity contribution in [1.29, 1.82) is 0 Å². The molecule has 0 spiro atoms. The summed E-state index contributed by atoms with van der Waals surface area (Å²) < 4.78 is 0. The molecule has 0 aromatic heterocycles. The van der Waals surface area contributed by atoms with Crippen molar-refractivity contribution in [2.24, 2.45) is 11.8 Å². The van der Waals surface area contributed by atoms with Gasteiger partial charge in [0.05, 0.1) is 0 Å². The van der Waals surface area contributed by atoms with E-state index in [-0.39, 0.29) is 0 Å². The first-order chi connectivity index (χ1) is 10.2. The molecule has 1 N–H and O–H groups in total. The second-order valence-electron chi connectivity index (χ2n) is 7.43. The van der Waals surface area contributed by atoms with E-state index in [1.54, 1.807) is 0 Å². The lowest BCUT2D eigenvalue weighted by molar-refractivity contribution is 0.0627. The van der Waals surface area contributed by atoms with Gasteiger partial charge in [-0.2, -0.15) is 0 Å². The first kappa shape index (κ1) is 17.2. The highest BCUT2D eigenvalue weighted by Gasteiger charge is 2.32. The molecule has 0 aromatic carbocycles. The lowest BCUT2D eigenvalue weighted by Crippen LogP contribution is -2.54. The standard InChI is InChI=1S/C18H37N3/c1-5-7-15-8-9-18(19-3)16(12-15)13-21-11-10-20(4)17(6-2)14-21/h15-19H,5-14H2,1-4H3. The summed E-state index contributed by atoms with van der Waals surface area (Å²) in [6.45, 7) is 9.77. The van der Waals surface area contributed by atoms with E-state index in [0.717, 1.165) is 23.9 Å². The van der Waals surface area contributed by atoms with Gasteiger partial charge in [-0.1, -0.05) is 26.7 Å². The molecule has 21 heavy (non-hydrogen) atoms. The van der Waals surface area contributed by atoms with Crippen molar-refractivity contribution < 1.29 is 0 Å². The monoisotopic (exact) mass is 295 g/mol. The van der Waals surface area contributed by atoms with E-state index in [1.165, 1.54) is 64.7 Å². The Balaban J connectivity index is 1.89. The number of nitrogens with zero attached hydrogens (tertiary/aromatic N) is 2. The van der Waals surface area contributed by atoms with E-state index < -0.39 is 0 Å². The fraction of sp³-hybridized carbons (Fsp3) is 1.00. The normalized spacial score (nSPS) is 36.0. The summed E-state index contributed by atoms with van der Waals surface area (Å²) in [5, 5.41) is 3.60. The molecule has 0 aromatic rings. The predicted octanol–water partition coefficient (Wildman–Crippen LogP) is 2.82. The lowest BCUT2D eigenvalue weighted by Gasteiger charge is -2.43. The van der Waals surface area contributed by atoms with Gasteiger partial charge >= 0.3 is 0 Å². The molecule has 3 heteroatoms. The van der Waals surface area contributed by atoms with Crippen LogP contribution in [0.2, 0.25) is 0 Å². The number of hydrogen-bond acceptors (Lipinski definition) is 3. The quantitative estimate of drug-likeness (QED) is 0.813. The van der Waals surface area contributed by atoms with E-state index in [2.05, 4.69) is 43.1 Å². The molecule has 1 aliphatic carbocycles. The SMILES string of the molecule is CCCC1CCC(NC)C(CN2CCN(C)C(CC)C2)C1. The van der Waals surface area contributed by atoms with Crippen LogP contribution in [0, 0.1) is 11.8 Å². The van der Waals surface area contributed by atoms with Gasteiger partial charge in [0.25, 0.3) is 0 Å². The van der Waals surface area contributed by atoms with E-state index >= 15 is 0 Å². The Morgan fingerprint density at radius 3 is 2.62 bits per heavy atom. The zero-order valence-corrected chi connectivity index (χ0v) is 14.8. The van der Waals surface area contributed by atoms with Crippen molar-refractivity contribution in [2.45, 2.75) is 64.5 Å². The first-order valence-corrected chi connectivity index (χ1v) is 9.27. The summed E-state index contributed by atoms with van der Waals surface area (Å²) in [5.74, 6) is 1.85. The highest BCUT2D eigenvalue weighted by atomic mass is 15.3. The van der Waals surface area contributed by atoms with Gasteiger partial charge in [0.15, 0.2) is 0 Å². The molecule has 4 atom stereocenters. The molecular formula is C18H37N3. The third-order valence-electron chi connectivity index (χ3n) is 5.98. The van der Waals surface area contributed by atoms with E-state index in [9.17, 15) is 0 Å². The van der Waals surface area contributed by atoms with Gasteiger partial charge in [-0.3, -0.25) is 0 Å². The second kappa shape index (κ2) is 8.50. The van der Waals surface area contributed by atoms with Crippen molar-refractivity contribution in [1.82, 2.24) is 15.1 Å². The van der Waals surface area contributed by atoms with Crippen molar-refractivity contribution in [2.75, 3.05) is 40.3 Å². The maximum atomic E-state index is 3.60. The fourth-order valence-electron chi connectivity index (χ4n) is 4.56. The Morgan fingerprint density at radius 2 is 1.95 bits per heavy atom. The van der Waals surface area contributed by atoms with Crippen LogP contribution in [-0.4, -0.2) is 62.2 Å². The predicted molar refractivity (Wildman–Crippen MR) is 91.7 cm³/mol. The largest absolute Gasteiger partial charge is 0.317 e. The Morgan fingerprint density at radius 1 is 1.14 bits per heavy atom. The molecule has 1 saturated carbocycles. The molecule has 0 bridgehead atoms. The molecule has 1 saturated heterocycles. The van der Waals surface area contributed by atoms with Crippen LogP contribution in [0.5, 0.6) is 0 Å². The second-order valence-corrected chi connectivity index (χ2v) is 7.43. The maximum Gasteiger partial charge on any atom is 0.0218 e. The molecule has 2 fully saturated rings. The van der Waals surface area contributed by atoms with Crippen molar-refractivity contribution in [3.63, 3.8) is 0 Å². The highest BCUT2D eigenvalue weighted by Crippen LogP contribution is 2.33. The first-order valence-electron chi connectivity index (χ1n) is 9.27. The zero-order valence-electron chi connectivity index (χ0n) is 14.8. The van der Waals surface area contributed by atoms with Gasteiger partial charge in [-0.25, -0.2) is 0 Å². The van der Waals surface area contributed by atoms with Crippen LogP contribution in [0.1, 0.15) is 52.4 Å². The number of nitrogens with one attached hydrogen (secondary N) is 1. The third-order valence-corrected chi connectivity index (χ3v) is 5.98. The minimum atomic E-state index is 0.748.